The van der Waals surface area contributed by atoms with Crippen LogP contribution in [0.15, 0.2) is 53.4 Å². The van der Waals surface area contributed by atoms with Crippen LogP contribution in [0.2, 0.25) is 5.02 Å². The van der Waals surface area contributed by atoms with Crippen molar-refractivity contribution in [2.45, 2.75) is 88.7 Å². The van der Waals surface area contributed by atoms with Crippen LogP contribution in [0.25, 0.3) is 0 Å². The SMILES string of the molecule is CC(=O)OCC(C)(C)C(=O)N(C1CCCCC1)[C@H]1CCN(NC(=O)[C@@H](Cc2ccc(Cl)cc2)NCS(=O)(=O)c2ccccc2[N+](=O)[O-])C1. The molecule has 2 atom stereocenters. The molecule has 262 valence electrons. The number of sulfone groups is 1. The molecule has 2 aliphatic rings. The Morgan fingerprint density at radius 3 is 2.38 bits per heavy atom. The van der Waals surface area contributed by atoms with Crippen molar-refractivity contribution in [3.63, 3.8) is 0 Å². The lowest BCUT2D eigenvalue weighted by atomic mass is 9.87. The standard InChI is InChI=1S/C33H44ClN5O8S/c1-23(40)47-21-33(2,3)32(42)38(26-9-5-4-6-10-26)27-17-18-37(20-27)36-31(41)28(19-24-13-15-25(34)16-14-24)35-22-48(45,46)30-12-8-7-11-29(30)39(43)44/h7-8,11-16,26-28,35H,4-6,9-10,17-22H2,1-3H3,(H,36,41)/t27-,28+/m0/s1. The second kappa shape index (κ2) is 16.2. The number of carbonyl (C=O) groups is 3. The Hall–Kier alpha value is -3.59. The molecule has 2 amide bonds. The van der Waals surface area contributed by atoms with Crippen molar-refractivity contribution in [3.8, 4) is 0 Å². The van der Waals surface area contributed by atoms with Gasteiger partial charge in [0.2, 0.25) is 5.91 Å². The minimum Gasteiger partial charge on any atom is -0.465 e. The topological polar surface area (TPSA) is 168 Å². The molecule has 0 spiro atoms. The van der Waals surface area contributed by atoms with Gasteiger partial charge in [-0.15, -0.1) is 0 Å². The second-order valence-electron chi connectivity index (χ2n) is 13.1. The number of hydrogen-bond donors (Lipinski definition) is 2. The largest absolute Gasteiger partial charge is 0.465 e. The van der Waals surface area contributed by atoms with Crippen molar-refractivity contribution in [2.24, 2.45) is 5.41 Å². The summed E-state index contributed by atoms with van der Waals surface area (Å²) in [6, 6.07) is 10.7. The smallest absolute Gasteiger partial charge is 0.302 e. The molecule has 0 unspecified atom stereocenters. The third-order valence-corrected chi connectivity index (χ3v) is 10.6. The number of nitrogens with zero attached hydrogens (tertiary/aromatic N) is 3. The van der Waals surface area contributed by atoms with Crippen molar-refractivity contribution in [3.05, 3.63) is 69.2 Å². The van der Waals surface area contributed by atoms with E-state index in [0.29, 0.717) is 24.5 Å². The lowest BCUT2D eigenvalue weighted by Crippen LogP contribution is -2.56. The first-order valence-electron chi connectivity index (χ1n) is 16.1. The summed E-state index contributed by atoms with van der Waals surface area (Å²) in [6.07, 6.45) is 5.60. The van der Waals surface area contributed by atoms with Crippen molar-refractivity contribution < 1.29 is 32.5 Å². The van der Waals surface area contributed by atoms with Crippen molar-refractivity contribution in [1.29, 1.82) is 0 Å². The third-order valence-electron chi connectivity index (χ3n) is 8.83. The number of carbonyl (C=O) groups excluding carboxylic acids is 3. The van der Waals surface area contributed by atoms with E-state index in [1.165, 1.54) is 25.1 Å². The lowest BCUT2D eigenvalue weighted by molar-refractivity contribution is -0.387. The summed E-state index contributed by atoms with van der Waals surface area (Å²) in [5.41, 5.74) is 2.15. The molecule has 1 saturated carbocycles. The number of halogens is 1. The quantitative estimate of drug-likeness (QED) is 0.166. The molecule has 48 heavy (non-hydrogen) atoms. The first-order valence-corrected chi connectivity index (χ1v) is 18.2. The van der Waals surface area contributed by atoms with Gasteiger partial charge in [0.25, 0.3) is 11.6 Å². The van der Waals surface area contributed by atoms with E-state index >= 15 is 0 Å². The number of ether oxygens (including phenoxy) is 1. The van der Waals surface area contributed by atoms with Gasteiger partial charge in [0.15, 0.2) is 9.84 Å². The van der Waals surface area contributed by atoms with E-state index in [1.54, 1.807) is 43.1 Å². The van der Waals surface area contributed by atoms with Gasteiger partial charge >= 0.3 is 5.97 Å². The zero-order valence-corrected chi connectivity index (χ0v) is 29.1. The van der Waals surface area contributed by atoms with Crippen LogP contribution in [-0.2, 0) is 35.4 Å². The van der Waals surface area contributed by atoms with Gasteiger partial charge in [0.1, 0.15) is 17.4 Å². The average molecular weight is 706 g/mol. The minimum atomic E-state index is -4.20. The highest BCUT2D eigenvalue weighted by Crippen LogP contribution is 2.32. The fourth-order valence-corrected chi connectivity index (χ4v) is 7.71. The summed E-state index contributed by atoms with van der Waals surface area (Å²) < 4.78 is 31.7. The highest BCUT2D eigenvalue weighted by Gasteiger charge is 2.42. The second-order valence-corrected chi connectivity index (χ2v) is 15.5. The number of para-hydroxylation sites is 1. The molecule has 1 aliphatic heterocycles. The Morgan fingerprint density at radius 2 is 1.73 bits per heavy atom. The minimum absolute atomic E-state index is 0.0371. The van der Waals surface area contributed by atoms with E-state index in [1.807, 2.05) is 4.90 Å². The number of hydrazine groups is 1. The number of esters is 1. The highest BCUT2D eigenvalue weighted by molar-refractivity contribution is 7.91. The molecule has 13 nitrogen and oxygen atoms in total. The van der Waals surface area contributed by atoms with Gasteiger partial charge in [0, 0.05) is 43.2 Å². The predicted octanol–water partition coefficient (Wildman–Crippen LogP) is 4.04. The summed E-state index contributed by atoms with van der Waals surface area (Å²) in [6.45, 7) is 5.64. The van der Waals surface area contributed by atoms with Gasteiger partial charge in [-0.1, -0.05) is 55.1 Å². The predicted molar refractivity (Wildman–Crippen MR) is 179 cm³/mol. The number of rotatable bonds is 14. The van der Waals surface area contributed by atoms with Crippen LogP contribution in [0.1, 0.15) is 64.9 Å². The first-order chi connectivity index (χ1) is 22.7. The molecule has 0 aromatic heterocycles. The summed E-state index contributed by atoms with van der Waals surface area (Å²) in [4.78, 5) is 51.5. The van der Waals surface area contributed by atoms with Crippen LogP contribution in [0, 0.1) is 15.5 Å². The highest BCUT2D eigenvalue weighted by atomic mass is 35.5. The fourth-order valence-electron chi connectivity index (χ4n) is 6.26. The Balaban J connectivity index is 1.50. The normalized spacial score (nSPS) is 18.2. The number of nitro benzene ring substituents is 1. The first kappa shape index (κ1) is 37.2. The van der Waals surface area contributed by atoms with Crippen LogP contribution in [0.4, 0.5) is 5.69 Å². The number of nitro groups is 1. The summed E-state index contributed by atoms with van der Waals surface area (Å²) >= 11 is 6.04. The van der Waals surface area contributed by atoms with Gasteiger partial charge in [-0.25, -0.2) is 13.4 Å². The molecule has 1 saturated heterocycles. The van der Waals surface area contributed by atoms with Crippen LogP contribution in [0.5, 0.6) is 0 Å². The third kappa shape index (κ3) is 9.74. The van der Waals surface area contributed by atoms with E-state index in [-0.39, 0.29) is 31.0 Å². The average Bonchev–Trinajstić information content (AvgIpc) is 3.51. The van der Waals surface area contributed by atoms with Crippen LogP contribution in [-0.4, -0.2) is 84.7 Å². The van der Waals surface area contributed by atoms with Crippen LogP contribution >= 0.6 is 11.6 Å². The molecule has 2 N–H and O–H groups in total. The fraction of sp³-hybridized carbons (Fsp3) is 0.545. The van der Waals surface area contributed by atoms with Gasteiger partial charge in [0.05, 0.1) is 16.4 Å². The maximum atomic E-state index is 14.0. The lowest BCUT2D eigenvalue weighted by Gasteiger charge is -2.42. The number of benzene rings is 2. The number of hydrogen-bond acceptors (Lipinski definition) is 10. The molecule has 1 heterocycles. The number of nitrogens with one attached hydrogen (secondary N) is 2. The van der Waals surface area contributed by atoms with Crippen LogP contribution in [0.3, 0.4) is 0 Å². The molecular formula is C33H44ClN5O8S. The molecule has 1 aliphatic carbocycles. The van der Waals surface area contributed by atoms with Gasteiger partial charge < -0.3 is 9.64 Å². The molecule has 4 rings (SSSR count). The Morgan fingerprint density at radius 1 is 1.06 bits per heavy atom. The van der Waals surface area contributed by atoms with E-state index in [0.717, 1.165) is 43.7 Å². The summed E-state index contributed by atoms with van der Waals surface area (Å²) in [5, 5.41) is 16.6. The molecule has 0 bridgehead atoms. The van der Waals surface area contributed by atoms with Crippen molar-refractivity contribution in [1.82, 2.24) is 20.7 Å². The van der Waals surface area contributed by atoms with E-state index in [9.17, 15) is 32.9 Å². The number of amides is 2. The molecule has 2 fully saturated rings. The Bertz CT molecular complexity index is 1580. The van der Waals surface area contributed by atoms with Crippen LogP contribution < -0.4 is 10.7 Å². The molecule has 15 heteroatoms. The monoisotopic (exact) mass is 705 g/mol. The van der Waals surface area contributed by atoms with E-state index in [4.69, 9.17) is 16.3 Å². The van der Waals surface area contributed by atoms with Gasteiger partial charge in [-0.05, 0) is 63.3 Å². The molecular weight excluding hydrogens is 662 g/mol. The van der Waals surface area contributed by atoms with E-state index in [2.05, 4.69) is 10.7 Å². The molecule has 2 aromatic rings. The maximum Gasteiger partial charge on any atom is 0.302 e. The summed E-state index contributed by atoms with van der Waals surface area (Å²) in [5.74, 6) is -1.76. The van der Waals surface area contributed by atoms with Crippen molar-refractivity contribution >= 4 is 44.9 Å². The maximum absolute atomic E-state index is 14.0. The zero-order chi connectivity index (χ0) is 35.1. The Kier molecular flexibility index (Phi) is 12.6. The summed E-state index contributed by atoms with van der Waals surface area (Å²) in [7, 11) is -4.20. The van der Waals surface area contributed by atoms with E-state index < -0.39 is 54.6 Å². The van der Waals surface area contributed by atoms with Gasteiger partial charge in [-0.2, -0.15) is 0 Å². The molecule has 2 aromatic carbocycles. The molecule has 0 radical (unpaired) electrons. The van der Waals surface area contributed by atoms with Crippen molar-refractivity contribution in [2.75, 3.05) is 25.6 Å². The zero-order valence-electron chi connectivity index (χ0n) is 27.5. The van der Waals surface area contributed by atoms with Gasteiger partial charge in [-0.3, -0.25) is 35.2 Å². The Labute approximate surface area is 286 Å².